The number of nitrogens with one attached hydrogen (secondary N) is 1. The first-order valence-corrected chi connectivity index (χ1v) is 11.7. The van der Waals surface area contributed by atoms with Crippen molar-refractivity contribution in [1.29, 1.82) is 0 Å². The van der Waals surface area contributed by atoms with E-state index in [1.54, 1.807) is 29.4 Å². The minimum absolute atomic E-state index is 0.0883. The van der Waals surface area contributed by atoms with Gasteiger partial charge in [-0.1, -0.05) is 36.0 Å². The lowest BCUT2D eigenvalue weighted by Gasteiger charge is -2.27. The molecule has 0 aliphatic heterocycles. The van der Waals surface area contributed by atoms with Crippen molar-refractivity contribution < 1.29 is 4.79 Å². The first-order valence-electron chi connectivity index (χ1n) is 10.0. The van der Waals surface area contributed by atoms with Gasteiger partial charge in [0.15, 0.2) is 0 Å². The van der Waals surface area contributed by atoms with Gasteiger partial charge in [0.05, 0.1) is 11.3 Å². The Bertz CT molecular complexity index is 1050. The predicted octanol–water partition coefficient (Wildman–Crippen LogP) is 4.85. The van der Waals surface area contributed by atoms with Crippen molar-refractivity contribution in [3.05, 3.63) is 52.2 Å². The number of nitrogens with zero attached hydrogens (tertiary/aromatic N) is 2. The minimum atomic E-state index is -0.191. The summed E-state index contributed by atoms with van der Waals surface area (Å²) in [5.41, 5.74) is 4.06. The Morgan fingerprint density at radius 1 is 1.21 bits per heavy atom. The molecule has 2 heterocycles. The average Bonchev–Trinajstić information content (AvgIpc) is 3.29. The van der Waals surface area contributed by atoms with Gasteiger partial charge in [0, 0.05) is 10.3 Å². The Labute approximate surface area is 173 Å². The molecular formula is C22H23N3OS2. The number of carbonyl (C=O) groups is 1. The van der Waals surface area contributed by atoms with Crippen LogP contribution in [0.1, 0.15) is 53.8 Å². The van der Waals surface area contributed by atoms with Gasteiger partial charge in [-0.2, -0.15) is 0 Å². The second kappa shape index (κ2) is 7.48. The summed E-state index contributed by atoms with van der Waals surface area (Å²) in [7, 11) is 0. The quantitative estimate of drug-likeness (QED) is 0.494. The van der Waals surface area contributed by atoms with Crippen LogP contribution in [0.3, 0.4) is 0 Å². The van der Waals surface area contributed by atoms with Gasteiger partial charge >= 0.3 is 0 Å². The molecule has 0 saturated carbocycles. The monoisotopic (exact) mass is 409 g/mol. The predicted molar refractivity (Wildman–Crippen MR) is 115 cm³/mol. The van der Waals surface area contributed by atoms with Crippen molar-refractivity contribution in [2.75, 3.05) is 0 Å². The highest BCUT2D eigenvalue weighted by molar-refractivity contribution is 8.00. The Balaban J connectivity index is 1.35. The molecule has 3 aromatic rings. The van der Waals surface area contributed by atoms with Crippen molar-refractivity contribution in [2.45, 2.75) is 61.8 Å². The van der Waals surface area contributed by atoms with Crippen molar-refractivity contribution in [3.63, 3.8) is 0 Å². The molecule has 0 radical (unpaired) electrons. The molecule has 0 fully saturated rings. The molecule has 0 saturated heterocycles. The van der Waals surface area contributed by atoms with Crippen LogP contribution in [0.5, 0.6) is 0 Å². The molecule has 0 spiro atoms. The number of amides is 1. The van der Waals surface area contributed by atoms with Gasteiger partial charge in [0.25, 0.3) is 0 Å². The zero-order chi connectivity index (χ0) is 19.1. The molecule has 2 atom stereocenters. The number of benzene rings is 1. The molecule has 0 bridgehead atoms. The van der Waals surface area contributed by atoms with Crippen LogP contribution in [0.25, 0.3) is 10.2 Å². The fourth-order valence-electron chi connectivity index (χ4n) is 4.40. The van der Waals surface area contributed by atoms with Crippen molar-refractivity contribution in [1.82, 2.24) is 15.3 Å². The van der Waals surface area contributed by atoms with Crippen LogP contribution < -0.4 is 5.32 Å². The highest BCUT2D eigenvalue weighted by atomic mass is 32.2. The molecule has 5 rings (SSSR count). The second-order valence-corrected chi connectivity index (χ2v) is 10.0. The Morgan fingerprint density at radius 3 is 3.04 bits per heavy atom. The van der Waals surface area contributed by atoms with E-state index in [1.165, 1.54) is 33.4 Å². The van der Waals surface area contributed by atoms with Crippen LogP contribution in [0.4, 0.5) is 0 Å². The van der Waals surface area contributed by atoms with Gasteiger partial charge in [-0.25, -0.2) is 9.97 Å². The van der Waals surface area contributed by atoms with E-state index in [2.05, 4.69) is 39.6 Å². The molecule has 2 aromatic heterocycles. The fourth-order valence-corrected chi connectivity index (χ4v) is 6.65. The summed E-state index contributed by atoms with van der Waals surface area (Å²) in [6.45, 7) is 1.98. The summed E-state index contributed by atoms with van der Waals surface area (Å²) in [6, 6.07) is 8.61. The van der Waals surface area contributed by atoms with E-state index < -0.39 is 0 Å². The lowest BCUT2D eigenvalue weighted by atomic mass is 9.88. The molecule has 144 valence electrons. The van der Waals surface area contributed by atoms with Crippen molar-refractivity contribution in [2.24, 2.45) is 0 Å². The van der Waals surface area contributed by atoms with Crippen molar-refractivity contribution in [3.8, 4) is 0 Å². The molecule has 2 aliphatic rings. The van der Waals surface area contributed by atoms with Gasteiger partial charge in [-0.05, 0) is 62.1 Å². The molecular weight excluding hydrogens is 386 g/mol. The number of hydrogen-bond donors (Lipinski definition) is 1. The van der Waals surface area contributed by atoms with Crippen LogP contribution in [-0.4, -0.2) is 21.1 Å². The standard InChI is InChI=1S/C22H23N3OS2/c1-13(20(26)25-17-10-4-7-14-6-2-3-8-15(14)17)27-21-19-16-9-5-11-18(16)28-22(19)24-12-23-21/h2-3,6,8,12-13,17H,4-5,7,9-11H2,1H3,(H,25,26)/t13-,17-/m0/s1. The molecule has 2 aliphatic carbocycles. The Kier molecular flexibility index (Phi) is 4.85. The lowest BCUT2D eigenvalue weighted by molar-refractivity contribution is -0.121. The highest BCUT2D eigenvalue weighted by Gasteiger charge is 2.26. The van der Waals surface area contributed by atoms with E-state index in [4.69, 9.17) is 0 Å². The number of aromatic nitrogens is 2. The van der Waals surface area contributed by atoms with Gasteiger partial charge in [0.2, 0.25) is 5.91 Å². The van der Waals surface area contributed by atoms with E-state index in [0.717, 1.165) is 42.0 Å². The SMILES string of the molecule is C[C@H](Sc1ncnc2sc3c(c12)CCC3)C(=O)N[C@H]1CCCc2ccccc21. The number of carbonyl (C=O) groups excluding carboxylic acids is 1. The molecule has 1 amide bonds. The number of thioether (sulfide) groups is 1. The maximum Gasteiger partial charge on any atom is 0.233 e. The number of thiophene rings is 1. The first-order chi connectivity index (χ1) is 13.7. The maximum atomic E-state index is 13.0. The fraction of sp³-hybridized carbons (Fsp3) is 0.409. The van der Waals surface area contributed by atoms with Gasteiger partial charge in [-0.3, -0.25) is 4.79 Å². The van der Waals surface area contributed by atoms with E-state index in [0.29, 0.717) is 0 Å². The number of hydrogen-bond acceptors (Lipinski definition) is 5. The third-order valence-corrected chi connectivity index (χ3v) is 8.11. The zero-order valence-corrected chi connectivity index (χ0v) is 17.5. The lowest BCUT2D eigenvalue weighted by Crippen LogP contribution is -2.35. The normalized spacial score (nSPS) is 19.2. The van der Waals surface area contributed by atoms with Crippen LogP contribution in [-0.2, 0) is 24.1 Å². The highest BCUT2D eigenvalue weighted by Crippen LogP contribution is 2.41. The summed E-state index contributed by atoms with van der Waals surface area (Å²) < 4.78 is 0. The smallest absolute Gasteiger partial charge is 0.233 e. The summed E-state index contributed by atoms with van der Waals surface area (Å²) in [6.07, 6.45) is 8.35. The minimum Gasteiger partial charge on any atom is -0.348 e. The van der Waals surface area contributed by atoms with Gasteiger partial charge in [0.1, 0.15) is 16.2 Å². The van der Waals surface area contributed by atoms with Crippen LogP contribution in [0, 0.1) is 0 Å². The van der Waals surface area contributed by atoms with Crippen LogP contribution in [0.15, 0.2) is 35.6 Å². The van der Waals surface area contributed by atoms with Crippen LogP contribution in [0.2, 0.25) is 0 Å². The van der Waals surface area contributed by atoms with E-state index in [9.17, 15) is 4.79 Å². The third kappa shape index (κ3) is 3.22. The van der Waals surface area contributed by atoms with Crippen molar-refractivity contribution >= 4 is 39.2 Å². The van der Waals surface area contributed by atoms with Gasteiger partial charge < -0.3 is 5.32 Å². The molecule has 28 heavy (non-hydrogen) atoms. The largest absolute Gasteiger partial charge is 0.348 e. The maximum absolute atomic E-state index is 13.0. The molecule has 4 nitrogen and oxygen atoms in total. The number of rotatable bonds is 4. The molecule has 0 unspecified atom stereocenters. The first kappa shape index (κ1) is 18.1. The summed E-state index contributed by atoms with van der Waals surface area (Å²) >= 11 is 3.36. The van der Waals surface area contributed by atoms with Gasteiger partial charge in [-0.15, -0.1) is 11.3 Å². The average molecular weight is 410 g/mol. The second-order valence-electron chi connectivity index (χ2n) is 7.63. The Morgan fingerprint density at radius 2 is 2.11 bits per heavy atom. The zero-order valence-electron chi connectivity index (χ0n) is 15.9. The number of aryl methyl sites for hydroxylation is 3. The number of fused-ring (bicyclic) bond motifs is 4. The van der Waals surface area contributed by atoms with E-state index in [-0.39, 0.29) is 17.2 Å². The molecule has 1 N–H and O–H groups in total. The summed E-state index contributed by atoms with van der Waals surface area (Å²) in [5, 5.41) is 5.24. The van der Waals surface area contributed by atoms with Crippen LogP contribution >= 0.6 is 23.1 Å². The van der Waals surface area contributed by atoms with E-state index >= 15 is 0 Å². The summed E-state index contributed by atoms with van der Waals surface area (Å²) in [5.74, 6) is 0.0883. The Hall–Kier alpha value is -1.92. The van der Waals surface area contributed by atoms with E-state index in [1.807, 2.05) is 6.92 Å². The molecule has 6 heteroatoms. The third-order valence-electron chi connectivity index (χ3n) is 5.81. The summed E-state index contributed by atoms with van der Waals surface area (Å²) in [4.78, 5) is 24.5. The molecule has 1 aromatic carbocycles. The topological polar surface area (TPSA) is 54.9 Å².